The van der Waals surface area contributed by atoms with Crippen molar-refractivity contribution in [2.24, 2.45) is 0 Å². The number of hydrogen-bond donors (Lipinski definition) is 0. The van der Waals surface area contributed by atoms with Gasteiger partial charge in [-0.05, 0) is 203 Å². The number of benzene rings is 7. The number of halogens is 8. The van der Waals surface area contributed by atoms with Gasteiger partial charge in [0.05, 0.1) is 62.5 Å². The van der Waals surface area contributed by atoms with Gasteiger partial charge in [0, 0.05) is 54.3 Å². The Morgan fingerprint density at radius 1 is 0.355 bits per heavy atom. The van der Waals surface area contributed by atoms with Crippen molar-refractivity contribution in [2.75, 3.05) is 37.9 Å². The molecule has 0 bridgehead atoms. The summed E-state index contributed by atoms with van der Waals surface area (Å²) in [5, 5.41) is 0. The summed E-state index contributed by atoms with van der Waals surface area (Å²) >= 11 is 15.2. The monoisotopic (exact) mass is 1780 g/mol. The average molecular weight is 1790 g/mol. The zero-order chi connectivity index (χ0) is 85.6. The predicted octanol–water partition coefficient (Wildman–Crippen LogP) is 31.0. The molecule has 0 unspecified atom stereocenters. The number of esters is 2. The fourth-order valence-corrected chi connectivity index (χ4v) is 21.8. The van der Waals surface area contributed by atoms with Crippen LogP contribution < -0.4 is 0 Å². The van der Waals surface area contributed by atoms with Crippen LogP contribution in [0, 0.1) is 0 Å². The molecule has 8 nitrogen and oxygen atoms in total. The van der Waals surface area contributed by atoms with E-state index in [0.29, 0.717) is 49.2 Å². The number of thiocarbonyl (C=S) groups is 2. The molecule has 2 aliphatic rings. The van der Waals surface area contributed by atoms with E-state index in [1.54, 1.807) is 36.5 Å². The molecule has 644 valence electrons. The Bertz CT molecular complexity index is 5010. The van der Waals surface area contributed by atoms with Crippen LogP contribution in [0.5, 0.6) is 0 Å². The lowest BCUT2D eigenvalue weighted by atomic mass is 9.69. The molecule has 0 saturated heterocycles. The number of ether oxygens (including phenoxy) is 4. The SMILES string of the molecule is CCCCCCCCC1(CCCCCCCC)c2cc(-c3ccc4c(c3)C(CCCCCCOC(=O)CCC(F)(F)C(F)(F)CSC(=S)OCC)(CCCCCCOC(=O)CCC(F)(F)C(F)(F)CSC(=S)OCC)c3cc(-c5ccccc5)ccc3-4)ccc2-c2ccc(-c3ccc(-c4ccc(-c5ccc(-c6ccccc6)s5)c5nsnc45)s3)cc21. The zero-order valence-electron chi connectivity index (χ0n) is 69.4. The second-order valence-corrected chi connectivity index (χ2v) is 37.8. The lowest BCUT2D eigenvalue weighted by Gasteiger charge is -2.34. The van der Waals surface area contributed by atoms with Crippen LogP contribution in [0.3, 0.4) is 0 Å². The van der Waals surface area contributed by atoms with Gasteiger partial charge >= 0.3 is 35.6 Å². The van der Waals surface area contributed by atoms with E-state index in [1.165, 1.54) is 117 Å². The molecule has 10 aromatic rings. The summed E-state index contributed by atoms with van der Waals surface area (Å²) < 4.78 is 149. The van der Waals surface area contributed by atoms with Crippen molar-refractivity contribution >= 4 is 114 Å². The zero-order valence-corrected chi connectivity index (χ0v) is 75.1. The van der Waals surface area contributed by atoms with Crippen LogP contribution in [0.4, 0.5) is 35.1 Å². The maximum atomic E-state index is 14.9. The van der Waals surface area contributed by atoms with Crippen molar-refractivity contribution in [3.8, 4) is 86.3 Å². The highest BCUT2D eigenvalue weighted by atomic mass is 32.2. The van der Waals surface area contributed by atoms with Crippen molar-refractivity contribution < 1.29 is 63.7 Å². The molecule has 12 rings (SSSR count). The molecule has 0 saturated carbocycles. The Morgan fingerprint density at radius 3 is 1.07 bits per heavy atom. The van der Waals surface area contributed by atoms with Crippen molar-refractivity contribution in [3.63, 3.8) is 0 Å². The first-order valence-corrected chi connectivity index (χ1v) is 48.2. The Labute approximate surface area is 739 Å². The number of thiophene rings is 2. The molecule has 2 aliphatic carbocycles. The van der Waals surface area contributed by atoms with Gasteiger partial charge in [0.1, 0.15) is 11.0 Å². The van der Waals surface area contributed by atoms with E-state index in [1.807, 2.05) is 24.3 Å². The summed E-state index contributed by atoms with van der Waals surface area (Å²) in [7, 11) is 0. The first-order valence-electron chi connectivity index (χ1n) is 43.0. The molecule has 7 aromatic carbocycles. The number of thioether (sulfide) groups is 2. The number of carbonyl (C=O) groups excluding carboxylic acids is 2. The Kier molecular flexibility index (Phi) is 33.4. The number of alkyl halides is 8. The number of carbonyl (C=O) groups is 2. The highest BCUT2D eigenvalue weighted by molar-refractivity contribution is 8.23. The predicted molar refractivity (Wildman–Crippen MR) is 494 cm³/mol. The molecule has 23 heteroatoms. The van der Waals surface area contributed by atoms with Gasteiger partial charge in [-0.15, -0.1) is 22.7 Å². The number of fused-ring (bicyclic) bond motifs is 7. The molecular weight excluding hydrogens is 1680 g/mol. The van der Waals surface area contributed by atoms with E-state index in [-0.39, 0.29) is 40.6 Å². The summed E-state index contributed by atoms with van der Waals surface area (Å²) in [4.78, 5) is 30.5. The summed E-state index contributed by atoms with van der Waals surface area (Å²) in [6, 6.07) is 62.4. The van der Waals surface area contributed by atoms with Crippen LogP contribution in [-0.2, 0) is 39.4 Å². The average Bonchev–Trinajstić information content (AvgIpc) is 1.56. The maximum Gasteiger partial charge on any atom is 0.319 e. The third-order valence-electron chi connectivity index (χ3n) is 23.7. The third kappa shape index (κ3) is 22.8. The fraction of sp³-hybridized carbons (Fsp3) is 0.449. The topological polar surface area (TPSA) is 96.8 Å². The summed E-state index contributed by atoms with van der Waals surface area (Å²) in [6.07, 6.45) is 18.1. The standard InChI is InChI=1S/C98H108F8N2O6S7/c1-5-9-11-13-15-27-53-94(54-28-16-14-12-10-6-2)81-63-71(39-43-75(81)76-44-40-72(64-82(76)94)84-48-50-86(120-84)78-46-45-77(89-90(78)108-121-107-89)85-49-47-83(119-85)68-35-25-22-26-36-68)70-38-42-74-73-41-37-69(67-33-23-21-24-34-67)61-79(73)93(80(74)62-70,55-29-17-19-31-59-113-87(109)51-57-95(99,100)97(103,104)65-117-91(115)111-7-3)56-30-18-20-32-60-114-88(110)52-58-96(101,102)98(105,106)66-118-92(116)112-8-4/h21-26,33-50,61-64H,5-20,27-32,51-60,65-66H2,1-4H3. The van der Waals surface area contributed by atoms with Crippen LogP contribution in [-0.4, -0.2) is 91.1 Å². The second-order valence-electron chi connectivity index (χ2n) is 32.0. The molecule has 0 fully saturated rings. The minimum absolute atomic E-state index is 0.0669. The largest absolute Gasteiger partial charge is 0.479 e. The van der Waals surface area contributed by atoms with Crippen LogP contribution in [0.15, 0.2) is 170 Å². The molecular formula is C98H108F8N2O6S7. The van der Waals surface area contributed by atoms with Gasteiger partial charge in [0.2, 0.25) is 8.77 Å². The number of aromatic nitrogens is 2. The van der Waals surface area contributed by atoms with Crippen LogP contribution >= 0.6 is 82.4 Å². The first kappa shape index (κ1) is 92.8. The van der Waals surface area contributed by atoms with Gasteiger partial charge < -0.3 is 18.9 Å². The van der Waals surface area contributed by atoms with Gasteiger partial charge in [-0.1, -0.05) is 274 Å². The number of rotatable bonds is 48. The molecule has 121 heavy (non-hydrogen) atoms. The molecule has 0 amide bonds. The molecule has 0 atom stereocenters. The molecule has 0 spiro atoms. The van der Waals surface area contributed by atoms with E-state index < -0.39 is 78.2 Å². The van der Waals surface area contributed by atoms with Crippen molar-refractivity contribution in [1.29, 1.82) is 0 Å². The van der Waals surface area contributed by atoms with Gasteiger partial charge in [-0.25, -0.2) is 0 Å². The molecule has 3 aromatic heterocycles. The Balaban J connectivity index is 0.843. The van der Waals surface area contributed by atoms with E-state index in [0.717, 1.165) is 142 Å². The van der Waals surface area contributed by atoms with Gasteiger partial charge in [-0.2, -0.15) is 43.9 Å². The third-order valence-corrected chi connectivity index (χ3v) is 29.2. The second kappa shape index (κ2) is 43.5. The number of nitrogens with zero attached hydrogens (tertiary/aromatic N) is 2. The molecule has 0 aliphatic heterocycles. The highest BCUT2D eigenvalue weighted by Gasteiger charge is 2.57. The van der Waals surface area contributed by atoms with Gasteiger partial charge in [0.15, 0.2) is 0 Å². The number of hydrogen-bond acceptors (Lipinski definition) is 15. The van der Waals surface area contributed by atoms with Crippen molar-refractivity contribution in [2.45, 2.75) is 242 Å². The van der Waals surface area contributed by atoms with E-state index in [9.17, 15) is 44.7 Å². The van der Waals surface area contributed by atoms with Crippen molar-refractivity contribution in [1.82, 2.24) is 8.75 Å². The van der Waals surface area contributed by atoms with E-state index >= 15 is 0 Å². The summed E-state index contributed by atoms with van der Waals surface area (Å²) in [5.41, 5.74) is 20.0. The molecule has 0 N–H and O–H groups in total. The lowest BCUT2D eigenvalue weighted by Crippen LogP contribution is -2.43. The van der Waals surface area contributed by atoms with Crippen LogP contribution in [0.2, 0.25) is 0 Å². The van der Waals surface area contributed by atoms with E-state index in [4.69, 9.17) is 52.1 Å². The lowest BCUT2D eigenvalue weighted by molar-refractivity contribution is -0.200. The first-order chi connectivity index (χ1) is 58.5. The molecule has 3 heterocycles. The Hall–Kier alpha value is -7.38. The minimum atomic E-state index is -4.49. The van der Waals surface area contributed by atoms with Gasteiger partial charge in [-0.3, -0.25) is 9.59 Å². The quantitative estimate of drug-likeness (QED) is 0.0157. The Morgan fingerprint density at radius 2 is 0.678 bits per heavy atom. The van der Waals surface area contributed by atoms with Crippen LogP contribution in [0.25, 0.3) is 97.3 Å². The van der Waals surface area contributed by atoms with Crippen molar-refractivity contribution in [3.05, 3.63) is 192 Å². The number of unbranched alkanes of at least 4 members (excludes halogenated alkanes) is 16. The molecule has 0 radical (unpaired) electrons. The van der Waals surface area contributed by atoms with Crippen LogP contribution in [0.1, 0.15) is 230 Å². The smallest absolute Gasteiger partial charge is 0.319 e. The normalized spacial score (nSPS) is 13.4. The summed E-state index contributed by atoms with van der Waals surface area (Å²) in [5.74, 6) is -22.4. The maximum absolute atomic E-state index is 14.9. The highest BCUT2D eigenvalue weighted by Crippen LogP contribution is 2.59. The fourth-order valence-electron chi connectivity index (χ4n) is 17.2. The van der Waals surface area contributed by atoms with E-state index in [2.05, 4.69) is 159 Å². The summed E-state index contributed by atoms with van der Waals surface area (Å²) in [6.45, 7) is 7.83. The van der Waals surface area contributed by atoms with Gasteiger partial charge in [0.25, 0.3) is 0 Å². The minimum Gasteiger partial charge on any atom is -0.479 e.